The van der Waals surface area contributed by atoms with E-state index in [2.05, 4.69) is 5.32 Å². The van der Waals surface area contributed by atoms with E-state index in [0.29, 0.717) is 11.6 Å². The van der Waals surface area contributed by atoms with Crippen molar-refractivity contribution in [3.8, 4) is 0 Å². The molecule has 2 rings (SSSR count). The van der Waals surface area contributed by atoms with Gasteiger partial charge in [0.2, 0.25) is 0 Å². The van der Waals surface area contributed by atoms with Gasteiger partial charge in [-0.3, -0.25) is 9.59 Å². The quantitative estimate of drug-likeness (QED) is 0.765. The highest BCUT2D eigenvalue weighted by molar-refractivity contribution is 6.30. The molecule has 5 nitrogen and oxygen atoms in total. The Bertz CT molecular complexity index is 553. The minimum absolute atomic E-state index is 0.0497. The van der Waals surface area contributed by atoms with E-state index in [1.165, 1.54) is 0 Å². The number of halogens is 1. The van der Waals surface area contributed by atoms with Gasteiger partial charge in [0.1, 0.15) is 0 Å². The van der Waals surface area contributed by atoms with Crippen molar-refractivity contribution in [2.24, 2.45) is 5.92 Å². The molecule has 0 bridgehead atoms. The van der Waals surface area contributed by atoms with Gasteiger partial charge in [-0.1, -0.05) is 37.6 Å². The Hall–Kier alpha value is -1.59. The fourth-order valence-corrected chi connectivity index (χ4v) is 2.90. The number of hydrogen-bond donors (Lipinski definition) is 1. The van der Waals surface area contributed by atoms with Crippen molar-refractivity contribution < 1.29 is 19.1 Å². The van der Waals surface area contributed by atoms with Crippen LogP contribution < -0.4 is 5.32 Å². The number of carbonyl (C=O) groups excluding carboxylic acids is 2. The molecule has 1 aromatic carbocycles. The van der Waals surface area contributed by atoms with Crippen molar-refractivity contribution in [2.75, 3.05) is 19.8 Å². The monoisotopic (exact) mass is 353 g/mol. The normalized spacial score (nSPS) is 18.4. The maximum absolute atomic E-state index is 12.4. The number of hydrogen-bond acceptors (Lipinski definition) is 4. The lowest BCUT2D eigenvalue weighted by atomic mass is 9.88. The third-order valence-electron chi connectivity index (χ3n) is 4.05. The molecule has 0 aromatic heterocycles. The van der Waals surface area contributed by atoms with Crippen molar-refractivity contribution >= 4 is 23.5 Å². The summed E-state index contributed by atoms with van der Waals surface area (Å²) in [5.74, 6) is -1.08. The molecule has 0 unspecified atom stereocenters. The molecule has 6 heteroatoms. The summed E-state index contributed by atoms with van der Waals surface area (Å²) in [6.07, 6.45) is 2.04. The van der Waals surface area contributed by atoms with Crippen molar-refractivity contribution in [3.63, 3.8) is 0 Å². The summed E-state index contributed by atoms with van der Waals surface area (Å²) >= 11 is 5.89. The van der Waals surface area contributed by atoms with E-state index in [1.54, 1.807) is 12.1 Å². The first-order chi connectivity index (χ1) is 11.5. The summed E-state index contributed by atoms with van der Waals surface area (Å²) in [4.78, 5) is 24.2. The number of esters is 1. The van der Waals surface area contributed by atoms with E-state index < -0.39 is 11.9 Å². The van der Waals surface area contributed by atoms with Gasteiger partial charge in [-0.2, -0.15) is 0 Å². The smallest absolute Gasteiger partial charge is 0.314 e. The van der Waals surface area contributed by atoms with Crippen molar-refractivity contribution in [1.29, 1.82) is 0 Å². The maximum Gasteiger partial charge on any atom is 0.314 e. The lowest BCUT2D eigenvalue weighted by molar-refractivity contribution is -0.151. The molecular formula is C18H24ClNO4. The van der Waals surface area contributed by atoms with E-state index >= 15 is 0 Å². The van der Waals surface area contributed by atoms with Gasteiger partial charge in [0.25, 0.3) is 5.91 Å². The number of carbonyl (C=O) groups is 2. The second-order valence-corrected chi connectivity index (χ2v) is 6.76. The van der Waals surface area contributed by atoms with Crippen molar-refractivity contribution in [3.05, 3.63) is 34.9 Å². The third-order valence-corrected chi connectivity index (χ3v) is 4.30. The first-order valence-electron chi connectivity index (χ1n) is 8.27. The molecule has 1 amide bonds. The van der Waals surface area contributed by atoms with Gasteiger partial charge in [-0.05, 0) is 36.5 Å². The van der Waals surface area contributed by atoms with Crippen LogP contribution in [-0.4, -0.2) is 37.7 Å². The fraction of sp³-hybridized carbons (Fsp3) is 0.556. The zero-order valence-electron chi connectivity index (χ0n) is 14.1. The molecule has 1 N–H and O–H groups in total. The predicted octanol–water partition coefficient (Wildman–Crippen LogP) is 2.92. The zero-order valence-corrected chi connectivity index (χ0v) is 14.8. The molecule has 132 valence electrons. The molecule has 1 heterocycles. The molecule has 1 saturated heterocycles. The molecule has 0 spiro atoms. The highest BCUT2D eigenvalue weighted by atomic mass is 35.5. The number of rotatable bonds is 7. The van der Waals surface area contributed by atoms with E-state index in [-0.39, 0.29) is 24.5 Å². The maximum atomic E-state index is 12.4. The highest BCUT2D eigenvalue weighted by Gasteiger charge is 2.26. The number of ether oxygens (including phenoxy) is 2. The molecule has 0 aliphatic carbocycles. The first-order valence-corrected chi connectivity index (χ1v) is 8.65. The van der Waals surface area contributed by atoms with Crippen LogP contribution in [0.5, 0.6) is 0 Å². The SMILES string of the molecule is CC(C)[C@H](C(=O)OCC(=O)NC[C@H]1CCCO1)c1ccc(Cl)cc1. The van der Waals surface area contributed by atoms with Crippen LogP contribution in [0.25, 0.3) is 0 Å². The predicted molar refractivity (Wildman–Crippen MR) is 92.0 cm³/mol. The minimum atomic E-state index is -0.423. The summed E-state index contributed by atoms with van der Waals surface area (Å²) < 4.78 is 10.6. The molecule has 1 aromatic rings. The average Bonchev–Trinajstić information content (AvgIpc) is 3.06. The number of nitrogens with one attached hydrogen (secondary N) is 1. The van der Waals surface area contributed by atoms with Crippen LogP contribution in [-0.2, 0) is 19.1 Å². The van der Waals surface area contributed by atoms with Crippen LogP contribution in [0.3, 0.4) is 0 Å². The Labute approximate surface area is 147 Å². The second kappa shape index (κ2) is 9.04. The zero-order chi connectivity index (χ0) is 17.5. The highest BCUT2D eigenvalue weighted by Crippen LogP contribution is 2.27. The summed E-state index contributed by atoms with van der Waals surface area (Å²) in [7, 11) is 0. The largest absolute Gasteiger partial charge is 0.455 e. The molecule has 1 fully saturated rings. The van der Waals surface area contributed by atoms with Crippen molar-refractivity contribution in [1.82, 2.24) is 5.32 Å². The van der Waals surface area contributed by atoms with Crippen LogP contribution in [0.2, 0.25) is 5.02 Å². The van der Waals surface area contributed by atoms with E-state index in [4.69, 9.17) is 21.1 Å². The third kappa shape index (κ3) is 5.49. The van der Waals surface area contributed by atoms with Crippen LogP contribution in [0.1, 0.15) is 38.2 Å². The number of amides is 1. The Morgan fingerprint density at radius 2 is 2.04 bits per heavy atom. The second-order valence-electron chi connectivity index (χ2n) is 6.32. The van der Waals surface area contributed by atoms with Gasteiger partial charge in [-0.25, -0.2) is 0 Å². The van der Waals surface area contributed by atoms with E-state index in [9.17, 15) is 9.59 Å². The minimum Gasteiger partial charge on any atom is -0.455 e. The Morgan fingerprint density at radius 1 is 1.33 bits per heavy atom. The van der Waals surface area contributed by atoms with Gasteiger partial charge < -0.3 is 14.8 Å². The Morgan fingerprint density at radius 3 is 2.62 bits per heavy atom. The topological polar surface area (TPSA) is 64.6 Å². The van der Waals surface area contributed by atoms with Crippen LogP contribution in [0, 0.1) is 5.92 Å². The molecule has 24 heavy (non-hydrogen) atoms. The van der Waals surface area contributed by atoms with Gasteiger partial charge >= 0.3 is 5.97 Å². The molecule has 2 atom stereocenters. The van der Waals surface area contributed by atoms with Crippen molar-refractivity contribution in [2.45, 2.75) is 38.7 Å². The van der Waals surface area contributed by atoms with E-state index in [1.807, 2.05) is 26.0 Å². The van der Waals surface area contributed by atoms with Crippen LogP contribution >= 0.6 is 11.6 Å². The number of benzene rings is 1. The van der Waals surface area contributed by atoms with E-state index in [0.717, 1.165) is 25.0 Å². The summed E-state index contributed by atoms with van der Waals surface area (Å²) in [6.45, 7) is 4.81. The first kappa shape index (κ1) is 18.7. The Kier molecular flexibility index (Phi) is 7.06. The van der Waals surface area contributed by atoms with Crippen LogP contribution in [0.4, 0.5) is 0 Å². The van der Waals surface area contributed by atoms with Gasteiger partial charge in [0, 0.05) is 18.2 Å². The lowest BCUT2D eigenvalue weighted by Crippen LogP contribution is -2.35. The lowest BCUT2D eigenvalue weighted by Gasteiger charge is -2.20. The van der Waals surface area contributed by atoms with Gasteiger partial charge in [-0.15, -0.1) is 0 Å². The van der Waals surface area contributed by atoms with Gasteiger partial charge in [0.05, 0.1) is 12.0 Å². The summed E-state index contributed by atoms with van der Waals surface area (Å²) in [5.41, 5.74) is 0.833. The summed E-state index contributed by atoms with van der Waals surface area (Å²) in [6, 6.07) is 7.11. The van der Waals surface area contributed by atoms with Crippen LogP contribution in [0.15, 0.2) is 24.3 Å². The van der Waals surface area contributed by atoms with Gasteiger partial charge in [0.15, 0.2) is 6.61 Å². The Balaban J connectivity index is 1.83. The molecule has 1 aliphatic rings. The standard InChI is InChI=1S/C18H24ClNO4/c1-12(2)17(13-5-7-14(19)8-6-13)18(22)24-11-16(21)20-10-15-4-3-9-23-15/h5-8,12,15,17H,3-4,9-11H2,1-2H3,(H,20,21)/t15-,17+/m1/s1. The molecule has 0 saturated carbocycles. The molecular weight excluding hydrogens is 330 g/mol. The molecule has 1 aliphatic heterocycles. The fourth-order valence-electron chi connectivity index (χ4n) is 2.77. The average molecular weight is 354 g/mol. The summed E-state index contributed by atoms with van der Waals surface area (Å²) in [5, 5.41) is 3.35. The molecule has 0 radical (unpaired) electrons.